The fourth-order valence-electron chi connectivity index (χ4n) is 9.14. The molecule has 10 nitrogen and oxygen atoms in total. The van der Waals surface area contributed by atoms with E-state index in [2.05, 4.69) is 112 Å². The van der Waals surface area contributed by atoms with E-state index in [0.29, 0.717) is 0 Å². The maximum absolute atomic E-state index is 11.8. The summed E-state index contributed by atoms with van der Waals surface area (Å²) in [5.74, 6) is 0. The van der Waals surface area contributed by atoms with Crippen LogP contribution >= 0.6 is 31.9 Å². The zero-order valence-corrected chi connectivity index (χ0v) is 34.5. The average molecular weight is 859 g/mol. The lowest BCUT2D eigenvalue weighted by Crippen LogP contribution is -2.52. The Bertz CT molecular complexity index is 2030. The number of nitrogens with two attached hydrogens (primary N) is 1. The van der Waals surface area contributed by atoms with Crippen molar-refractivity contribution >= 4 is 43.9 Å². The third-order valence-corrected chi connectivity index (χ3v) is 13.3. The first-order chi connectivity index (χ1) is 25.9. The van der Waals surface area contributed by atoms with Crippen LogP contribution in [0.1, 0.15) is 52.6 Å². The van der Waals surface area contributed by atoms with Gasteiger partial charge in [-0.15, -0.1) is 0 Å². The maximum atomic E-state index is 11.8. The first-order valence-electron chi connectivity index (χ1n) is 18.8. The van der Waals surface area contributed by atoms with Gasteiger partial charge in [-0.1, -0.05) is 74.3 Å². The number of nitrogens with zero attached hydrogens (tertiary/aromatic N) is 4. The van der Waals surface area contributed by atoms with Gasteiger partial charge < -0.3 is 31.5 Å². The number of fused-ring (bicyclic) bond motifs is 3. The molecule has 54 heavy (non-hydrogen) atoms. The molecule has 2 saturated heterocycles. The van der Waals surface area contributed by atoms with Crippen molar-refractivity contribution in [2.24, 2.45) is 5.73 Å². The minimum atomic E-state index is -0.107. The lowest BCUT2D eigenvalue weighted by Gasteiger charge is -2.35. The van der Waals surface area contributed by atoms with E-state index in [1.165, 1.54) is 47.9 Å². The smallest absolute Gasteiger partial charge is 0.317 e. The molecule has 3 atom stereocenters. The average Bonchev–Trinajstić information content (AvgIpc) is 3.58. The summed E-state index contributed by atoms with van der Waals surface area (Å²) in [5.41, 5.74) is 16.7. The van der Waals surface area contributed by atoms with Gasteiger partial charge >= 0.3 is 12.1 Å². The molecule has 3 aliphatic carbocycles. The number of urea groups is 2. The molecular weight excluding hydrogens is 808 g/mol. The first-order valence-corrected chi connectivity index (χ1v) is 20.4. The summed E-state index contributed by atoms with van der Waals surface area (Å²) in [7, 11) is 5.68. The number of carbonyl (C=O) groups excluding carboxylic acids is 2. The standard InChI is InChI=1S/C17H18N4O.C13H15BrN2O.C12H17BrN2/c1-21-10-17(20-16(21)22)6-5-15-12(7-17)3-2-4-14(15)13-8-18-11-19-9-13;1-16-8-13(15-12(16)17)6-5-10-9(7-13)3-2-4-11(10)14;1-15-8-12(14)6-5-10-9(7-12)3-2-4-11(10)13/h2-4,8-9,11H,5-7,10H2,1H3,(H,20,22);2-4H,5-8H2,1H3,(H,15,17);2-4,15H,5-8,14H2,1H3. The number of nitrogens with one attached hydrogen (secondary N) is 3. The van der Waals surface area contributed by atoms with Crippen LogP contribution in [0.5, 0.6) is 0 Å². The number of aromatic nitrogens is 2. The Morgan fingerprint density at radius 1 is 0.722 bits per heavy atom. The summed E-state index contributed by atoms with van der Waals surface area (Å²) in [4.78, 5) is 35.3. The first kappa shape index (κ1) is 38.4. The molecule has 1 aromatic heterocycles. The van der Waals surface area contributed by atoms with Crippen LogP contribution < -0.4 is 21.7 Å². The van der Waals surface area contributed by atoms with Crippen LogP contribution in [0, 0.1) is 0 Å². The van der Waals surface area contributed by atoms with Gasteiger partial charge in [0.2, 0.25) is 0 Å². The van der Waals surface area contributed by atoms with Crippen LogP contribution in [0.15, 0.2) is 82.3 Å². The Balaban J connectivity index is 0.000000128. The second-order valence-corrected chi connectivity index (χ2v) is 17.6. The highest BCUT2D eigenvalue weighted by Crippen LogP contribution is 2.38. The van der Waals surface area contributed by atoms with Crippen molar-refractivity contribution < 1.29 is 9.59 Å². The summed E-state index contributed by atoms with van der Waals surface area (Å²) < 4.78 is 2.43. The minimum Gasteiger partial charge on any atom is -0.330 e. The molecule has 2 spiro atoms. The van der Waals surface area contributed by atoms with Crippen LogP contribution in [-0.2, 0) is 38.5 Å². The summed E-state index contributed by atoms with van der Waals surface area (Å²) >= 11 is 7.21. The number of carbonyl (C=O) groups is 2. The van der Waals surface area contributed by atoms with Crippen LogP contribution in [0.3, 0.4) is 0 Å². The van der Waals surface area contributed by atoms with Crippen molar-refractivity contribution in [1.82, 2.24) is 35.7 Å². The molecule has 12 heteroatoms. The minimum absolute atomic E-state index is 0.0380. The molecule has 0 bridgehead atoms. The van der Waals surface area contributed by atoms with E-state index in [-0.39, 0.29) is 28.7 Å². The topological polar surface area (TPSA) is 129 Å². The summed E-state index contributed by atoms with van der Waals surface area (Å²) in [6.45, 7) is 2.49. The molecule has 2 aliphatic heterocycles. The zero-order valence-electron chi connectivity index (χ0n) is 31.4. The number of likely N-dealkylation sites (N-methyl/N-ethyl adjacent to an activating group) is 3. The van der Waals surface area contributed by atoms with Crippen molar-refractivity contribution in [2.75, 3.05) is 40.8 Å². The number of hydrogen-bond acceptors (Lipinski definition) is 6. The van der Waals surface area contributed by atoms with E-state index in [1.807, 2.05) is 33.5 Å². The second-order valence-electron chi connectivity index (χ2n) is 15.9. The van der Waals surface area contributed by atoms with Gasteiger partial charge in [-0.2, -0.15) is 0 Å². The molecule has 0 radical (unpaired) electrons. The summed E-state index contributed by atoms with van der Waals surface area (Å²) in [5, 5.41) is 9.52. The summed E-state index contributed by atoms with van der Waals surface area (Å²) in [6.07, 6.45) is 14.2. The van der Waals surface area contributed by atoms with Gasteiger partial charge in [0.15, 0.2) is 0 Å². The van der Waals surface area contributed by atoms with Crippen LogP contribution in [0.4, 0.5) is 9.59 Å². The molecule has 2 fully saturated rings. The number of amides is 4. The Labute approximate surface area is 335 Å². The normalized spacial score (nSPS) is 25.1. The molecule has 0 saturated carbocycles. The van der Waals surface area contributed by atoms with E-state index >= 15 is 0 Å². The monoisotopic (exact) mass is 856 g/mol. The van der Waals surface area contributed by atoms with Gasteiger partial charge in [0.05, 0.1) is 11.1 Å². The van der Waals surface area contributed by atoms with Crippen molar-refractivity contribution in [1.29, 1.82) is 0 Å². The van der Waals surface area contributed by atoms with Crippen LogP contribution in [0.25, 0.3) is 11.1 Å². The van der Waals surface area contributed by atoms with Crippen molar-refractivity contribution in [2.45, 2.75) is 74.4 Å². The molecule has 4 aromatic rings. The highest BCUT2D eigenvalue weighted by atomic mass is 79.9. The van der Waals surface area contributed by atoms with Gasteiger partial charge in [0.25, 0.3) is 0 Å². The van der Waals surface area contributed by atoms with E-state index in [0.717, 1.165) is 83.0 Å². The van der Waals surface area contributed by atoms with E-state index in [1.54, 1.807) is 16.1 Å². The van der Waals surface area contributed by atoms with Gasteiger partial charge in [0.1, 0.15) is 6.33 Å². The van der Waals surface area contributed by atoms with Gasteiger partial charge in [0, 0.05) is 66.2 Å². The van der Waals surface area contributed by atoms with Crippen molar-refractivity contribution in [3.8, 4) is 11.1 Å². The second kappa shape index (κ2) is 15.7. The van der Waals surface area contributed by atoms with E-state index in [4.69, 9.17) is 5.73 Å². The zero-order chi connectivity index (χ0) is 38.1. The molecule has 9 rings (SSSR count). The molecule has 3 aromatic carbocycles. The van der Waals surface area contributed by atoms with Gasteiger partial charge in [-0.25, -0.2) is 19.6 Å². The van der Waals surface area contributed by atoms with Crippen molar-refractivity contribution in [3.63, 3.8) is 0 Å². The fourth-order valence-corrected chi connectivity index (χ4v) is 10.4. The SMILES string of the molecule is CN1CC2(CCc3c(Br)cccc3C2)NC1=O.CN1CC2(CCc3c(cccc3-c3cncnc3)C2)NC1=O.CNCC1(N)CCc2c(Br)cccc2C1. The molecule has 3 unspecified atom stereocenters. The fraction of sp³-hybridized carbons (Fsp3) is 0.429. The quantitative estimate of drug-likeness (QED) is 0.194. The molecule has 3 heterocycles. The molecule has 5 N–H and O–H groups in total. The molecule has 284 valence electrons. The lowest BCUT2D eigenvalue weighted by atomic mass is 9.76. The predicted octanol–water partition coefficient (Wildman–Crippen LogP) is 6.21. The number of rotatable bonds is 3. The van der Waals surface area contributed by atoms with Crippen molar-refractivity contribution in [3.05, 3.63) is 116 Å². The predicted molar refractivity (Wildman–Crippen MR) is 220 cm³/mol. The Morgan fingerprint density at radius 3 is 1.72 bits per heavy atom. The van der Waals surface area contributed by atoms with Crippen LogP contribution in [0.2, 0.25) is 0 Å². The highest BCUT2D eigenvalue weighted by Gasteiger charge is 2.44. The van der Waals surface area contributed by atoms with Crippen LogP contribution in [-0.4, -0.2) is 89.2 Å². The largest absolute Gasteiger partial charge is 0.330 e. The van der Waals surface area contributed by atoms with E-state index < -0.39 is 0 Å². The lowest BCUT2D eigenvalue weighted by molar-refractivity contribution is 0.225. The Hall–Kier alpha value is -3.84. The third kappa shape index (κ3) is 8.08. The molecule has 4 amide bonds. The number of hydrogen-bond donors (Lipinski definition) is 4. The van der Waals surface area contributed by atoms with Gasteiger partial charge in [-0.05, 0) is 116 Å². The Kier molecular flexibility index (Phi) is 11.2. The highest BCUT2D eigenvalue weighted by molar-refractivity contribution is 9.10. The molecule has 5 aliphatic rings. The Morgan fingerprint density at radius 2 is 1.20 bits per heavy atom. The molecular formula is C42H50Br2N8O2. The number of halogens is 2. The van der Waals surface area contributed by atoms with E-state index in [9.17, 15) is 9.59 Å². The summed E-state index contributed by atoms with van der Waals surface area (Å²) in [6, 6.07) is 19.2. The maximum Gasteiger partial charge on any atom is 0.317 e. The number of benzene rings is 3. The van der Waals surface area contributed by atoms with Gasteiger partial charge in [-0.3, -0.25) is 0 Å². The third-order valence-electron chi connectivity index (χ3n) is 11.8.